The van der Waals surface area contributed by atoms with Crippen LogP contribution in [0.5, 0.6) is 0 Å². The Morgan fingerprint density at radius 2 is 2.00 bits per heavy atom. The van der Waals surface area contributed by atoms with Crippen molar-refractivity contribution in [3.63, 3.8) is 0 Å². The van der Waals surface area contributed by atoms with Crippen molar-refractivity contribution in [2.24, 2.45) is 0 Å². The highest BCUT2D eigenvalue weighted by atomic mass is 19.2. The summed E-state index contributed by atoms with van der Waals surface area (Å²) in [5, 5.41) is 0. The molecule has 1 aromatic heterocycles. The molecule has 0 aliphatic heterocycles. The lowest BCUT2D eigenvalue weighted by molar-refractivity contribution is 0.206. The van der Waals surface area contributed by atoms with Crippen LogP contribution in [0.3, 0.4) is 0 Å². The molecule has 0 bridgehead atoms. The molecule has 84 valence electrons. The van der Waals surface area contributed by atoms with Crippen LogP contribution in [-0.4, -0.2) is 32.3 Å². The van der Waals surface area contributed by atoms with E-state index in [1.165, 1.54) is 19.1 Å². The molecule has 0 radical (unpaired) electrons. The van der Waals surface area contributed by atoms with Gasteiger partial charge in [0, 0.05) is 26.8 Å². The number of aromatic nitrogens is 1. The lowest BCUT2D eigenvalue weighted by Crippen LogP contribution is -2.24. The number of rotatable bonds is 4. The topological polar surface area (TPSA) is 25.4 Å². The largest absolute Gasteiger partial charge is 0.383 e. The first kappa shape index (κ1) is 11.8. The molecule has 1 rings (SSSR count). The van der Waals surface area contributed by atoms with E-state index in [1.54, 1.807) is 0 Å². The maximum atomic E-state index is 13.2. The summed E-state index contributed by atoms with van der Waals surface area (Å²) < 4.78 is 43.2. The zero-order chi connectivity index (χ0) is 11.4. The average Bonchev–Trinajstić information content (AvgIpc) is 2.20. The van der Waals surface area contributed by atoms with Crippen LogP contribution in [0, 0.1) is 17.6 Å². The summed E-state index contributed by atoms with van der Waals surface area (Å²) in [6.07, 6.45) is 0. The zero-order valence-electron chi connectivity index (χ0n) is 8.43. The molecule has 0 spiro atoms. The summed E-state index contributed by atoms with van der Waals surface area (Å²) in [4.78, 5) is 4.53. The van der Waals surface area contributed by atoms with Gasteiger partial charge in [-0.15, -0.1) is 0 Å². The van der Waals surface area contributed by atoms with Crippen LogP contribution < -0.4 is 4.90 Å². The molecule has 1 heterocycles. The van der Waals surface area contributed by atoms with Crippen molar-refractivity contribution in [1.29, 1.82) is 0 Å². The zero-order valence-corrected chi connectivity index (χ0v) is 8.43. The Morgan fingerprint density at radius 1 is 1.33 bits per heavy atom. The van der Waals surface area contributed by atoms with Crippen LogP contribution in [0.15, 0.2) is 6.07 Å². The summed E-state index contributed by atoms with van der Waals surface area (Å²) in [7, 11) is 3.00. The van der Waals surface area contributed by atoms with E-state index in [9.17, 15) is 13.2 Å². The van der Waals surface area contributed by atoms with E-state index in [-0.39, 0.29) is 5.82 Å². The predicted octanol–water partition coefficient (Wildman–Crippen LogP) is 1.58. The highest BCUT2D eigenvalue weighted by Crippen LogP contribution is 2.17. The third-order valence-corrected chi connectivity index (χ3v) is 1.86. The molecule has 0 unspecified atom stereocenters. The standard InChI is InChI=1S/C9H11F3N2O/c1-14(3-4-15-2)9-7(11)5-6(10)8(12)13-9/h5H,3-4H2,1-2H3. The molecule has 0 amide bonds. The second-order valence-electron chi connectivity index (χ2n) is 2.98. The second-order valence-corrected chi connectivity index (χ2v) is 2.98. The van der Waals surface area contributed by atoms with Gasteiger partial charge in [-0.3, -0.25) is 0 Å². The molecule has 0 atom stereocenters. The van der Waals surface area contributed by atoms with Crippen LogP contribution in [0.1, 0.15) is 0 Å². The number of halogens is 3. The van der Waals surface area contributed by atoms with Crippen molar-refractivity contribution < 1.29 is 17.9 Å². The first-order chi connectivity index (χ1) is 7.06. The molecule has 0 aliphatic carbocycles. The van der Waals surface area contributed by atoms with Gasteiger partial charge in [0.15, 0.2) is 17.5 Å². The summed E-state index contributed by atoms with van der Waals surface area (Å²) in [6, 6.07) is 0.473. The van der Waals surface area contributed by atoms with E-state index in [0.717, 1.165) is 0 Å². The van der Waals surface area contributed by atoms with E-state index < -0.39 is 17.6 Å². The third-order valence-electron chi connectivity index (χ3n) is 1.86. The minimum absolute atomic E-state index is 0.231. The molecule has 1 aromatic rings. The number of hydrogen-bond donors (Lipinski definition) is 0. The fraction of sp³-hybridized carbons (Fsp3) is 0.444. The van der Waals surface area contributed by atoms with Crippen LogP contribution >= 0.6 is 0 Å². The summed E-state index contributed by atoms with van der Waals surface area (Å²) >= 11 is 0. The van der Waals surface area contributed by atoms with Gasteiger partial charge in [0.1, 0.15) is 0 Å². The fourth-order valence-corrected chi connectivity index (χ4v) is 1.04. The summed E-state index contributed by atoms with van der Waals surface area (Å²) in [6.45, 7) is 0.683. The minimum atomic E-state index is -1.31. The minimum Gasteiger partial charge on any atom is -0.383 e. The smallest absolute Gasteiger partial charge is 0.251 e. The maximum absolute atomic E-state index is 13.2. The molecule has 0 saturated heterocycles. The van der Waals surface area contributed by atoms with Crippen molar-refractivity contribution in [1.82, 2.24) is 4.98 Å². The van der Waals surface area contributed by atoms with E-state index in [1.807, 2.05) is 0 Å². The monoisotopic (exact) mass is 220 g/mol. The van der Waals surface area contributed by atoms with Crippen molar-refractivity contribution in [3.8, 4) is 0 Å². The molecule has 0 aromatic carbocycles. The quantitative estimate of drug-likeness (QED) is 0.720. The Bertz CT molecular complexity index is 346. The van der Waals surface area contributed by atoms with Gasteiger partial charge >= 0.3 is 0 Å². The number of hydrogen-bond acceptors (Lipinski definition) is 3. The van der Waals surface area contributed by atoms with Gasteiger partial charge in [0.2, 0.25) is 0 Å². The van der Waals surface area contributed by atoms with Crippen molar-refractivity contribution in [2.75, 3.05) is 32.2 Å². The van der Waals surface area contributed by atoms with E-state index >= 15 is 0 Å². The molecule has 6 heteroatoms. The summed E-state index contributed by atoms with van der Waals surface area (Å²) in [5.74, 6) is -3.73. The van der Waals surface area contributed by atoms with Gasteiger partial charge in [-0.05, 0) is 0 Å². The predicted molar refractivity (Wildman–Crippen MR) is 49.3 cm³/mol. The molecular weight excluding hydrogens is 209 g/mol. The van der Waals surface area contributed by atoms with E-state index in [2.05, 4.69) is 4.98 Å². The van der Waals surface area contributed by atoms with Crippen LogP contribution in [0.4, 0.5) is 19.0 Å². The molecular formula is C9H11F3N2O. The first-order valence-corrected chi connectivity index (χ1v) is 4.28. The molecule has 15 heavy (non-hydrogen) atoms. The Labute approximate surface area is 85.5 Å². The molecule has 0 aliphatic rings. The van der Waals surface area contributed by atoms with Crippen molar-refractivity contribution in [3.05, 3.63) is 23.6 Å². The number of anilines is 1. The second kappa shape index (κ2) is 4.97. The van der Waals surface area contributed by atoms with Gasteiger partial charge in [0.05, 0.1) is 6.61 Å². The highest BCUT2D eigenvalue weighted by Gasteiger charge is 2.14. The SMILES string of the molecule is COCCN(C)c1nc(F)c(F)cc1F. The van der Waals surface area contributed by atoms with Gasteiger partial charge in [-0.2, -0.15) is 9.37 Å². The summed E-state index contributed by atoms with van der Waals surface area (Å²) in [5.41, 5.74) is 0. The van der Waals surface area contributed by atoms with Crippen molar-refractivity contribution >= 4 is 5.82 Å². The lowest BCUT2D eigenvalue weighted by Gasteiger charge is -2.17. The Hall–Kier alpha value is -1.30. The van der Waals surface area contributed by atoms with E-state index in [4.69, 9.17) is 4.74 Å². The number of methoxy groups -OCH3 is 1. The Kier molecular flexibility index (Phi) is 3.90. The third kappa shape index (κ3) is 2.82. The number of nitrogens with zero attached hydrogens (tertiary/aromatic N) is 2. The molecule has 0 N–H and O–H groups in total. The Morgan fingerprint density at radius 3 is 2.60 bits per heavy atom. The van der Waals surface area contributed by atoms with Crippen LogP contribution in [0.25, 0.3) is 0 Å². The van der Waals surface area contributed by atoms with Gasteiger partial charge < -0.3 is 9.64 Å². The normalized spacial score (nSPS) is 10.5. The molecule has 0 fully saturated rings. The number of ether oxygens (including phenoxy) is 1. The van der Waals surface area contributed by atoms with Gasteiger partial charge in [0.25, 0.3) is 5.95 Å². The van der Waals surface area contributed by atoms with E-state index in [0.29, 0.717) is 19.2 Å². The molecule has 0 saturated carbocycles. The van der Waals surface area contributed by atoms with Crippen LogP contribution in [-0.2, 0) is 4.74 Å². The van der Waals surface area contributed by atoms with Gasteiger partial charge in [-0.1, -0.05) is 0 Å². The lowest BCUT2D eigenvalue weighted by atomic mass is 10.4. The fourth-order valence-electron chi connectivity index (χ4n) is 1.04. The number of likely N-dealkylation sites (N-methyl/N-ethyl adjacent to an activating group) is 1. The number of pyridine rings is 1. The van der Waals surface area contributed by atoms with Crippen molar-refractivity contribution in [2.45, 2.75) is 0 Å². The van der Waals surface area contributed by atoms with Gasteiger partial charge in [-0.25, -0.2) is 8.78 Å². The highest BCUT2D eigenvalue weighted by molar-refractivity contribution is 5.38. The average molecular weight is 220 g/mol. The Balaban J connectivity index is 2.88. The first-order valence-electron chi connectivity index (χ1n) is 4.28. The molecule has 3 nitrogen and oxygen atoms in total. The maximum Gasteiger partial charge on any atom is 0.251 e. The van der Waals surface area contributed by atoms with Crippen LogP contribution in [0.2, 0.25) is 0 Å².